The van der Waals surface area contributed by atoms with Gasteiger partial charge in [0.05, 0.1) is 12.1 Å². The summed E-state index contributed by atoms with van der Waals surface area (Å²) in [4.78, 5) is 0. The third kappa shape index (κ3) is 2.79. The summed E-state index contributed by atoms with van der Waals surface area (Å²) in [6, 6.07) is 6.51. The van der Waals surface area contributed by atoms with E-state index in [0.29, 0.717) is 5.56 Å². The average Bonchev–Trinajstić information content (AvgIpc) is 2.39. The summed E-state index contributed by atoms with van der Waals surface area (Å²) in [5.41, 5.74) is 6.70. The van der Waals surface area contributed by atoms with Crippen molar-refractivity contribution in [3.63, 3.8) is 0 Å². The first-order valence-corrected chi connectivity index (χ1v) is 6.41. The van der Waals surface area contributed by atoms with Crippen molar-refractivity contribution in [3.05, 3.63) is 29.8 Å². The van der Waals surface area contributed by atoms with E-state index in [2.05, 4.69) is 0 Å². The van der Waals surface area contributed by atoms with Crippen LogP contribution in [0.5, 0.6) is 5.75 Å². The van der Waals surface area contributed by atoms with Crippen LogP contribution < -0.4 is 5.73 Å². The van der Waals surface area contributed by atoms with Gasteiger partial charge in [-0.3, -0.25) is 0 Å². The van der Waals surface area contributed by atoms with Gasteiger partial charge in [-0.05, 0) is 24.8 Å². The lowest BCUT2D eigenvalue weighted by atomic mass is 9.81. The number of aliphatic hydroxyl groups excluding tert-OH is 1. The highest BCUT2D eigenvalue weighted by Gasteiger charge is 2.28. The monoisotopic (exact) mass is 235 g/mol. The second kappa shape index (κ2) is 5.52. The third-order valence-electron chi connectivity index (χ3n) is 3.80. The van der Waals surface area contributed by atoms with Gasteiger partial charge in [0.25, 0.3) is 0 Å². The predicted molar refractivity (Wildman–Crippen MR) is 67.6 cm³/mol. The van der Waals surface area contributed by atoms with Crippen LogP contribution in [0.2, 0.25) is 0 Å². The molecule has 1 fully saturated rings. The van der Waals surface area contributed by atoms with E-state index in [4.69, 9.17) is 5.73 Å². The van der Waals surface area contributed by atoms with Crippen LogP contribution in [0.4, 0.5) is 0 Å². The molecule has 1 saturated carbocycles. The molecule has 4 N–H and O–H groups in total. The number of rotatable bonds is 3. The molecule has 0 radical (unpaired) electrons. The number of para-hydroxylation sites is 1. The Hall–Kier alpha value is -1.06. The molecule has 0 heterocycles. The number of phenolic OH excluding ortho intramolecular Hbond substituents is 1. The molecule has 17 heavy (non-hydrogen) atoms. The molecule has 1 aromatic rings. The number of nitrogens with two attached hydrogens (primary N) is 1. The molecule has 0 spiro atoms. The maximum absolute atomic E-state index is 10.3. The van der Waals surface area contributed by atoms with Crippen molar-refractivity contribution >= 4 is 0 Å². The van der Waals surface area contributed by atoms with Crippen LogP contribution in [0.3, 0.4) is 0 Å². The van der Waals surface area contributed by atoms with Gasteiger partial charge >= 0.3 is 0 Å². The van der Waals surface area contributed by atoms with Crippen molar-refractivity contribution in [3.8, 4) is 5.75 Å². The van der Waals surface area contributed by atoms with Crippen LogP contribution in [0.15, 0.2) is 24.3 Å². The molecule has 0 amide bonds. The molecule has 0 saturated heterocycles. The average molecular weight is 235 g/mol. The molecular weight excluding hydrogens is 214 g/mol. The second-order valence-corrected chi connectivity index (χ2v) is 4.97. The Bertz CT molecular complexity index is 361. The molecular formula is C14H21NO2. The van der Waals surface area contributed by atoms with Crippen LogP contribution in [0, 0.1) is 5.92 Å². The van der Waals surface area contributed by atoms with Gasteiger partial charge in [0.1, 0.15) is 5.75 Å². The number of aromatic hydroxyl groups is 1. The van der Waals surface area contributed by atoms with Gasteiger partial charge < -0.3 is 15.9 Å². The molecule has 1 aliphatic rings. The number of hydrogen-bond acceptors (Lipinski definition) is 3. The standard InChI is InChI=1S/C14H21NO2/c15-13(11-8-4-5-9-12(11)16)14(17)10-6-2-1-3-7-10/h4-5,8-10,13-14,16-17H,1-3,6-7,15H2/t13-,14+/m0/s1. The Balaban J connectivity index is 2.08. The van der Waals surface area contributed by atoms with E-state index in [0.717, 1.165) is 12.8 Å². The van der Waals surface area contributed by atoms with Crippen molar-refractivity contribution in [2.75, 3.05) is 0 Å². The molecule has 1 aromatic carbocycles. The lowest BCUT2D eigenvalue weighted by Gasteiger charge is -2.30. The van der Waals surface area contributed by atoms with E-state index >= 15 is 0 Å². The lowest BCUT2D eigenvalue weighted by molar-refractivity contribution is 0.0611. The fourth-order valence-corrected chi connectivity index (χ4v) is 2.72. The maximum Gasteiger partial charge on any atom is 0.120 e. The van der Waals surface area contributed by atoms with Gasteiger partial charge in [0.2, 0.25) is 0 Å². The molecule has 0 unspecified atom stereocenters. The van der Waals surface area contributed by atoms with E-state index in [1.165, 1.54) is 19.3 Å². The summed E-state index contributed by atoms with van der Waals surface area (Å²) in [5, 5.41) is 20.0. The number of aliphatic hydroxyl groups is 1. The van der Waals surface area contributed by atoms with E-state index < -0.39 is 12.1 Å². The normalized spacial score (nSPS) is 21.1. The second-order valence-electron chi connectivity index (χ2n) is 4.97. The minimum Gasteiger partial charge on any atom is -0.508 e. The third-order valence-corrected chi connectivity index (χ3v) is 3.80. The van der Waals surface area contributed by atoms with Crippen LogP contribution in [-0.4, -0.2) is 16.3 Å². The summed E-state index contributed by atoms with van der Waals surface area (Å²) in [5.74, 6) is 0.452. The summed E-state index contributed by atoms with van der Waals surface area (Å²) in [6.07, 6.45) is 5.15. The van der Waals surface area contributed by atoms with E-state index in [-0.39, 0.29) is 11.7 Å². The lowest BCUT2D eigenvalue weighted by Crippen LogP contribution is -2.34. The largest absolute Gasteiger partial charge is 0.508 e. The van der Waals surface area contributed by atoms with Gasteiger partial charge in [0, 0.05) is 5.56 Å². The number of phenols is 1. The van der Waals surface area contributed by atoms with Crippen molar-refractivity contribution in [2.24, 2.45) is 11.7 Å². The summed E-state index contributed by atoms with van der Waals surface area (Å²) in [7, 11) is 0. The van der Waals surface area contributed by atoms with Crippen LogP contribution in [0.25, 0.3) is 0 Å². The minimum absolute atomic E-state index is 0.176. The highest BCUT2D eigenvalue weighted by molar-refractivity contribution is 5.35. The molecule has 2 rings (SSSR count). The van der Waals surface area contributed by atoms with Gasteiger partial charge in [-0.15, -0.1) is 0 Å². The minimum atomic E-state index is -0.552. The highest BCUT2D eigenvalue weighted by Crippen LogP contribution is 2.33. The van der Waals surface area contributed by atoms with E-state index in [9.17, 15) is 10.2 Å². The Morgan fingerprint density at radius 1 is 1.12 bits per heavy atom. The van der Waals surface area contributed by atoms with Crippen LogP contribution in [0.1, 0.15) is 43.7 Å². The SMILES string of the molecule is N[C@@H](c1ccccc1O)[C@H](O)C1CCCCC1. The van der Waals surface area contributed by atoms with Gasteiger partial charge in [0.15, 0.2) is 0 Å². The van der Waals surface area contributed by atoms with Crippen molar-refractivity contribution in [2.45, 2.75) is 44.2 Å². The molecule has 0 bridgehead atoms. The van der Waals surface area contributed by atoms with Crippen molar-refractivity contribution in [1.82, 2.24) is 0 Å². The Morgan fingerprint density at radius 3 is 2.41 bits per heavy atom. The summed E-state index contributed by atoms with van der Waals surface area (Å²) >= 11 is 0. The Morgan fingerprint density at radius 2 is 1.76 bits per heavy atom. The first kappa shape index (κ1) is 12.4. The molecule has 3 heteroatoms. The number of hydrogen-bond donors (Lipinski definition) is 3. The van der Waals surface area contributed by atoms with Gasteiger partial charge in [-0.25, -0.2) is 0 Å². The highest BCUT2D eigenvalue weighted by atomic mass is 16.3. The van der Waals surface area contributed by atoms with Crippen molar-refractivity contribution in [1.29, 1.82) is 0 Å². The number of benzene rings is 1. The van der Waals surface area contributed by atoms with Gasteiger partial charge in [-0.2, -0.15) is 0 Å². The van der Waals surface area contributed by atoms with E-state index in [1.54, 1.807) is 18.2 Å². The molecule has 1 aliphatic carbocycles. The van der Waals surface area contributed by atoms with Crippen molar-refractivity contribution < 1.29 is 10.2 Å². The Labute approximate surface area is 102 Å². The maximum atomic E-state index is 10.3. The smallest absolute Gasteiger partial charge is 0.120 e. The molecule has 0 aliphatic heterocycles. The van der Waals surface area contributed by atoms with Gasteiger partial charge in [-0.1, -0.05) is 37.5 Å². The molecule has 0 aromatic heterocycles. The van der Waals surface area contributed by atoms with Crippen LogP contribution in [-0.2, 0) is 0 Å². The Kier molecular flexibility index (Phi) is 4.02. The first-order valence-electron chi connectivity index (χ1n) is 6.41. The fourth-order valence-electron chi connectivity index (χ4n) is 2.72. The first-order chi connectivity index (χ1) is 8.20. The quantitative estimate of drug-likeness (QED) is 0.753. The zero-order chi connectivity index (χ0) is 12.3. The zero-order valence-corrected chi connectivity index (χ0v) is 10.0. The predicted octanol–water partition coefficient (Wildman–Crippen LogP) is 2.33. The fraction of sp³-hybridized carbons (Fsp3) is 0.571. The molecule has 94 valence electrons. The summed E-state index contributed by atoms with van der Waals surface area (Å²) in [6.45, 7) is 0. The van der Waals surface area contributed by atoms with E-state index in [1.807, 2.05) is 6.07 Å². The summed E-state index contributed by atoms with van der Waals surface area (Å²) < 4.78 is 0. The molecule has 2 atom stereocenters. The topological polar surface area (TPSA) is 66.5 Å². The zero-order valence-electron chi connectivity index (χ0n) is 10.0. The van der Waals surface area contributed by atoms with Crippen LogP contribution >= 0.6 is 0 Å². The molecule has 3 nitrogen and oxygen atoms in total.